The van der Waals surface area contributed by atoms with Crippen LogP contribution in [0.5, 0.6) is 0 Å². The van der Waals surface area contributed by atoms with Crippen molar-refractivity contribution >= 4 is 17.4 Å². The number of aromatic nitrogens is 5. The fraction of sp³-hybridized carbons (Fsp3) is 0.500. The Hall–Kier alpha value is -2.25. The molecule has 2 N–H and O–H groups in total. The van der Waals surface area contributed by atoms with E-state index in [9.17, 15) is 4.79 Å². The van der Waals surface area contributed by atoms with Crippen LogP contribution in [0.4, 0.5) is 5.82 Å². The third kappa shape index (κ3) is 1.75. The van der Waals surface area contributed by atoms with Gasteiger partial charge in [0.2, 0.25) is 0 Å². The topological polar surface area (TPSA) is 105 Å². The number of carbonyl (C=O) groups is 1. The summed E-state index contributed by atoms with van der Waals surface area (Å²) in [6.07, 6.45) is 5.59. The molecule has 1 aliphatic rings. The second-order valence-corrected chi connectivity index (χ2v) is 4.37. The largest absolute Gasteiger partial charge is 0.481 e. The van der Waals surface area contributed by atoms with E-state index in [4.69, 9.17) is 5.11 Å². The van der Waals surface area contributed by atoms with E-state index in [1.54, 1.807) is 12.4 Å². The Morgan fingerprint density at radius 3 is 3.17 bits per heavy atom. The molecule has 3 rings (SSSR count). The maximum Gasteiger partial charge on any atom is 0.308 e. The monoisotopic (exact) mass is 248 g/mol. The number of nitrogens with one attached hydrogen (secondary N) is 1. The Balaban J connectivity index is 1.88. The van der Waals surface area contributed by atoms with Gasteiger partial charge in [0.25, 0.3) is 0 Å². The summed E-state index contributed by atoms with van der Waals surface area (Å²) in [7, 11) is 0. The van der Waals surface area contributed by atoms with Gasteiger partial charge < -0.3 is 10.4 Å². The number of tetrazole rings is 1. The van der Waals surface area contributed by atoms with Gasteiger partial charge in [0, 0.05) is 6.04 Å². The van der Waals surface area contributed by atoms with Gasteiger partial charge >= 0.3 is 5.97 Å². The summed E-state index contributed by atoms with van der Waals surface area (Å²) in [4.78, 5) is 15.1. The zero-order chi connectivity index (χ0) is 12.5. The van der Waals surface area contributed by atoms with Crippen LogP contribution in [-0.2, 0) is 4.79 Å². The minimum atomic E-state index is -0.762. The maximum absolute atomic E-state index is 11.1. The van der Waals surface area contributed by atoms with E-state index in [1.807, 2.05) is 0 Å². The van der Waals surface area contributed by atoms with Crippen molar-refractivity contribution in [3.05, 3.63) is 12.4 Å². The summed E-state index contributed by atoms with van der Waals surface area (Å²) in [5.41, 5.74) is 0.532. The highest BCUT2D eigenvalue weighted by Crippen LogP contribution is 2.28. The zero-order valence-corrected chi connectivity index (χ0v) is 9.52. The highest BCUT2D eigenvalue weighted by Gasteiger charge is 2.33. The first kappa shape index (κ1) is 10.9. The minimum absolute atomic E-state index is 0.0981. The van der Waals surface area contributed by atoms with Crippen LogP contribution in [-0.4, -0.2) is 42.1 Å². The number of aliphatic carboxylic acids is 1. The summed E-state index contributed by atoms with van der Waals surface area (Å²) in [6.45, 7) is 0. The van der Waals surface area contributed by atoms with Gasteiger partial charge in [0.15, 0.2) is 11.5 Å². The number of nitrogens with zero attached hydrogens (tertiary/aromatic N) is 5. The zero-order valence-electron chi connectivity index (χ0n) is 9.52. The third-order valence-electron chi connectivity index (χ3n) is 3.28. The molecule has 1 saturated carbocycles. The SMILES string of the molecule is O=C(O)C1CCCC1Nc1cncc2nnnn12. The molecule has 1 fully saturated rings. The molecule has 0 bridgehead atoms. The van der Waals surface area contributed by atoms with Crippen LogP contribution >= 0.6 is 0 Å². The van der Waals surface area contributed by atoms with Crippen molar-refractivity contribution in [2.75, 3.05) is 5.32 Å². The predicted molar refractivity (Wildman–Crippen MR) is 61.0 cm³/mol. The molecule has 0 saturated heterocycles. The normalized spacial score (nSPS) is 23.3. The van der Waals surface area contributed by atoms with Gasteiger partial charge in [-0.25, -0.2) is 0 Å². The Kier molecular flexibility index (Phi) is 2.54. The molecule has 2 atom stereocenters. The van der Waals surface area contributed by atoms with Crippen LogP contribution in [0, 0.1) is 5.92 Å². The van der Waals surface area contributed by atoms with Gasteiger partial charge in [0.05, 0.1) is 18.3 Å². The second kappa shape index (κ2) is 4.21. The molecule has 94 valence electrons. The van der Waals surface area contributed by atoms with Crippen molar-refractivity contribution in [1.82, 2.24) is 25.0 Å². The van der Waals surface area contributed by atoms with Crippen molar-refractivity contribution in [2.45, 2.75) is 25.3 Å². The lowest BCUT2D eigenvalue weighted by atomic mass is 10.0. The van der Waals surface area contributed by atoms with Crippen molar-refractivity contribution in [1.29, 1.82) is 0 Å². The lowest BCUT2D eigenvalue weighted by Crippen LogP contribution is -2.30. The van der Waals surface area contributed by atoms with Crippen molar-refractivity contribution in [3.63, 3.8) is 0 Å². The van der Waals surface area contributed by atoms with Crippen LogP contribution in [0.2, 0.25) is 0 Å². The van der Waals surface area contributed by atoms with Gasteiger partial charge in [-0.1, -0.05) is 6.42 Å². The van der Waals surface area contributed by atoms with Gasteiger partial charge in [-0.3, -0.25) is 9.78 Å². The van der Waals surface area contributed by atoms with E-state index in [1.165, 1.54) is 4.52 Å². The minimum Gasteiger partial charge on any atom is -0.481 e. The summed E-state index contributed by atoms with van der Waals surface area (Å²) >= 11 is 0. The second-order valence-electron chi connectivity index (χ2n) is 4.37. The smallest absolute Gasteiger partial charge is 0.308 e. The Labute approximate surface area is 102 Å². The fourth-order valence-corrected chi connectivity index (χ4v) is 2.39. The summed E-state index contributed by atoms with van der Waals surface area (Å²) in [5.74, 6) is -0.505. The molecular formula is C10H12N6O2. The Morgan fingerprint density at radius 1 is 1.44 bits per heavy atom. The highest BCUT2D eigenvalue weighted by molar-refractivity contribution is 5.72. The summed E-state index contributed by atoms with van der Waals surface area (Å²) < 4.78 is 1.52. The van der Waals surface area contributed by atoms with E-state index in [0.29, 0.717) is 17.9 Å². The van der Waals surface area contributed by atoms with Crippen LogP contribution in [0.3, 0.4) is 0 Å². The molecule has 0 amide bonds. The predicted octanol–water partition coefficient (Wildman–Crippen LogP) is 0.184. The lowest BCUT2D eigenvalue weighted by Gasteiger charge is -2.18. The van der Waals surface area contributed by atoms with E-state index >= 15 is 0 Å². The molecule has 2 heterocycles. The molecule has 2 unspecified atom stereocenters. The maximum atomic E-state index is 11.1. The average molecular weight is 248 g/mol. The van der Waals surface area contributed by atoms with E-state index in [2.05, 4.69) is 25.8 Å². The van der Waals surface area contributed by atoms with Gasteiger partial charge in [0.1, 0.15) is 0 Å². The first-order valence-corrected chi connectivity index (χ1v) is 5.77. The van der Waals surface area contributed by atoms with Crippen LogP contribution in [0.1, 0.15) is 19.3 Å². The van der Waals surface area contributed by atoms with Crippen LogP contribution < -0.4 is 5.32 Å². The van der Waals surface area contributed by atoms with Gasteiger partial charge in [-0.05, 0) is 23.3 Å². The molecule has 2 aromatic rings. The summed E-state index contributed by atoms with van der Waals surface area (Å²) in [5, 5.41) is 23.5. The Morgan fingerprint density at radius 2 is 2.33 bits per heavy atom. The van der Waals surface area contributed by atoms with Crippen molar-refractivity contribution in [3.8, 4) is 0 Å². The molecule has 8 heteroatoms. The quantitative estimate of drug-likeness (QED) is 0.798. The lowest BCUT2D eigenvalue weighted by molar-refractivity contribution is -0.141. The number of anilines is 1. The van der Waals surface area contributed by atoms with Gasteiger partial charge in [-0.2, -0.15) is 4.52 Å². The van der Waals surface area contributed by atoms with Gasteiger partial charge in [-0.15, -0.1) is 5.10 Å². The summed E-state index contributed by atoms with van der Waals surface area (Å²) in [6, 6.07) is -0.0981. The number of hydrogen-bond acceptors (Lipinski definition) is 6. The van der Waals surface area contributed by atoms with Crippen molar-refractivity contribution in [2.24, 2.45) is 5.92 Å². The first-order valence-electron chi connectivity index (χ1n) is 5.77. The molecule has 0 radical (unpaired) electrons. The Bertz CT molecular complexity index is 583. The van der Waals surface area contributed by atoms with Crippen molar-refractivity contribution < 1.29 is 9.90 Å². The number of carboxylic acids is 1. The molecule has 0 aromatic carbocycles. The van der Waals surface area contributed by atoms with Crippen LogP contribution in [0.15, 0.2) is 12.4 Å². The molecular weight excluding hydrogens is 236 g/mol. The van der Waals surface area contributed by atoms with E-state index < -0.39 is 5.97 Å². The molecule has 1 aliphatic carbocycles. The van der Waals surface area contributed by atoms with Crippen LogP contribution in [0.25, 0.3) is 5.65 Å². The number of rotatable bonds is 3. The fourth-order valence-electron chi connectivity index (χ4n) is 2.39. The molecule has 8 nitrogen and oxygen atoms in total. The molecule has 0 aliphatic heterocycles. The van der Waals surface area contributed by atoms with E-state index in [0.717, 1.165) is 12.8 Å². The van der Waals surface area contributed by atoms with E-state index in [-0.39, 0.29) is 12.0 Å². The molecule has 18 heavy (non-hydrogen) atoms. The first-order chi connectivity index (χ1) is 8.75. The number of fused-ring (bicyclic) bond motifs is 1. The highest BCUT2D eigenvalue weighted by atomic mass is 16.4. The standard InChI is InChI=1S/C10H12N6O2/c17-10(18)6-2-1-3-7(6)12-8-4-11-5-9-13-14-15-16(8)9/h4-7,12H,1-3H2,(H,17,18). The number of carboxylic acid groups (broad SMARTS) is 1. The average Bonchev–Trinajstić information content (AvgIpc) is 2.96. The number of hydrogen-bond donors (Lipinski definition) is 2. The third-order valence-corrected chi connectivity index (χ3v) is 3.28. The molecule has 0 spiro atoms. The molecule has 2 aromatic heterocycles.